The Morgan fingerprint density at radius 1 is 1.30 bits per heavy atom. The molecular formula is C15H23NO4. The van der Waals surface area contributed by atoms with Crippen molar-refractivity contribution in [3.05, 3.63) is 27.8 Å². The molecule has 5 nitrogen and oxygen atoms in total. The molecule has 1 N–H and O–H groups in total. The van der Waals surface area contributed by atoms with E-state index >= 15 is 0 Å². The van der Waals surface area contributed by atoms with Gasteiger partial charge in [0.2, 0.25) is 0 Å². The van der Waals surface area contributed by atoms with Crippen molar-refractivity contribution < 1.29 is 14.3 Å². The number of hydrogen-bond acceptors (Lipinski definition) is 5. The molecule has 0 unspecified atom stereocenters. The van der Waals surface area contributed by atoms with Crippen molar-refractivity contribution in [3.8, 4) is 5.75 Å². The molecule has 20 heavy (non-hydrogen) atoms. The summed E-state index contributed by atoms with van der Waals surface area (Å²) in [5.41, 5.74) is -1.02. The molecule has 1 heterocycles. The largest absolute Gasteiger partial charge is 0.507 e. The second-order valence-corrected chi connectivity index (χ2v) is 5.50. The lowest BCUT2D eigenvalue weighted by Crippen LogP contribution is -2.38. The number of ketones is 1. The Kier molecular flexibility index (Phi) is 5.51. The fraction of sp³-hybridized carbons (Fsp3) is 0.600. The molecule has 1 rings (SSSR count). The molecule has 0 aliphatic heterocycles. The molecule has 0 bridgehead atoms. The fourth-order valence-corrected chi connectivity index (χ4v) is 2.32. The Morgan fingerprint density at radius 2 is 1.85 bits per heavy atom. The van der Waals surface area contributed by atoms with Gasteiger partial charge < -0.3 is 9.52 Å². The van der Waals surface area contributed by atoms with E-state index in [9.17, 15) is 14.7 Å². The molecule has 0 radical (unpaired) electrons. The lowest BCUT2D eigenvalue weighted by atomic mass is 10.1. The van der Waals surface area contributed by atoms with E-state index in [1.807, 2.05) is 0 Å². The van der Waals surface area contributed by atoms with Gasteiger partial charge >= 0.3 is 5.63 Å². The normalized spacial score (nSPS) is 11.6. The second-order valence-electron chi connectivity index (χ2n) is 5.50. The Hall–Kier alpha value is -1.62. The van der Waals surface area contributed by atoms with Gasteiger partial charge in [-0.2, -0.15) is 0 Å². The highest BCUT2D eigenvalue weighted by atomic mass is 16.4. The van der Waals surface area contributed by atoms with E-state index in [2.05, 4.69) is 32.6 Å². The third-order valence-corrected chi connectivity index (χ3v) is 3.26. The van der Waals surface area contributed by atoms with Crippen molar-refractivity contribution in [2.24, 2.45) is 0 Å². The van der Waals surface area contributed by atoms with Crippen molar-refractivity contribution >= 4 is 5.78 Å². The van der Waals surface area contributed by atoms with Gasteiger partial charge in [0.05, 0.1) is 0 Å². The monoisotopic (exact) mass is 281 g/mol. The topological polar surface area (TPSA) is 70.8 Å². The van der Waals surface area contributed by atoms with Gasteiger partial charge in [-0.15, -0.1) is 0 Å². The minimum Gasteiger partial charge on any atom is -0.507 e. The first-order valence-electron chi connectivity index (χ1n) is 6.86. The smallest absolute Gasteiger partial charge is 0.350 e. The highest BCUT2D eigenvalue weighted by molar-refractivity contribution is 5.98. The molecule has 0 saturated carbocycles. The van der Waals surface area contributed by atoms with E-state index in [-0.39, 0.29) is 29.3 Å². The zero-order chi connectivity index (χ0) is 15.4. The van der Waals surface area contributed by atoms with Crippen molar-refractivity contribution in [2.75, 3.05) is 6.54 Å². The summed E-state index contributed by atoms with van der Waals surface area (Å²) in [5.74, 6) is -0.401. The lowest BCUT2D eigenvalue weighted by molar-refractivity contribution is 0.0933. The molecule has 0 fully saturated rings. The number of carbonyl (C=O) groups is 1. The molecule has 1 aromatic heterocycles. The average Bonchev–Trinajstić information content (AvgIpc) is 2.26. The van der Waals surface area contributed by atoms with Crippen molar-refractivity contribution in [1.29, 1.82) is 0 Å². The highest BCUT2D eigenvalue weighted by Crippen LogP contribution is 2.17. The van der Waals surface area contributed by atoms with Crippen LogP contribution in [0.1, 0.15) is 50.2 Å². The molecule has 1 aromatic rings. The van der Waals surface area contributed by atoms with E-state index in [0.29, 0.717) is 18.6 Å². The molecule has 0 spiro atoms. The predicted octanol–water partition coefficient (Wildman–Crippen LogP) is 2.35. The molecule has 0 aliphatic rings. The molecular weight excluding hydrogens is 258 g/mol. The number of aryl methyl sites for hydroxylation is 1. The summed E-state index contributed by atoms with van der Waals surface area (Å²) in [6, 6.07) is 1.91. The maximum Gasteiger partial charge on any atom is 0.350 e. The first kappa shape index (κ1) is 16.4. The molecule has 5 heteroatoms. The van der Waals surface area contributed by atoms with Gasteiger partial charge in [0.25, 0.3) is 0 Å². The first-order chi connectivity index (χ1) is 9.23. The summed E-state index contributed by atoms with van der Waals surface area (Å²) in [6.07, 6.45) is 0.178. The number of hydrogen-bond donors (Lipinski definition) is 1. The van der Waals surface area contributed by atoms with E-state index in [1.54, 1.807) is 6.92 Å². The molecule has 0 amide bonds. The standard InChI is InChI=1S/C15H23NO4/c1-9(2)16(10(3)4)7-6-12(17)14-13(18)8-11(5)20-15(14)19/h8-10,18H,6-7H2,1-5H3. The Labute approximate surface area is 119 Å². The van der Waals surface area contributed by atoms with E-state index in [4.69, 9.17) is 4.42 Å². The van der Waals surface area contributed by atoms with E-state index in [0.717, 1.165) is 0 Å². The van der Waals surface area contributed by atoms with Gasteiger partial charge in [0.1, 0.15) is 17.1 Å². The van der Waals surface area contributed by atoms with E-state index in [1.165, 1.54) is 6.07 Å². The summed E-state index contributed by atoms with van der Waals surface area (Å²) in [6.45, 7) is 10.3. The number of Topliss-reactive ketones (excluding diaryl/α,β-unsaturated/α-hetero) is 1. The Morgan fingerprint density at radius 3 is 2.30 bits per heavy atom. The van der Waals surface area contributed by atoms with Crippen LogP contribution in [0.2, 0.25) is 0 Å². The molecule has 0 aliphatic carbocycles. The van der Waals surface area contributed by atoms with Crippen LogP contribution in [-0.2, 0) is 0 Å². The van der Waals surface area contributed by atoms with Crippen LogP contribution in [0.4, 0.5) is 0 Å². The summed E-state index contributed by atoms with van der Waals surface area (Å²) in [7, 11) is 0. The minimum absolute atomic E-state index is 0.178. The van der Waals surface area contributed by atoms with Gasteiger partial charge in [-0.1, -0.05) is 0 Å². The van der Waals surface area contributed by atoms with Crippen LogP contribution < -0.4 is 5.63 Å². The molecule has 0 saturated heterocycles. The molecule has 0 atom stereocenters. The summed E-state index contributed by atoms with van der Waals surface area (Å²) in [5, 5.41) is 9.73. The Bertz CT molecular complexity index is 523. The SMILES string of the molecule is Cc1cc(O)c(C(=O)CCN(C(C)C)C(C)C)c(=O)o1. The third kappa shape index (κ3) is 3.93. The van der Waals surface area contributed by atoms with E-state index < -0.39 is 5.63 Å². The zero-order valence-electron chi connectivity index (χ0n) is 12.8. The lowest BCUT2D eigenvalue weighted by Gasteiger charge is -2.30. The number of nitrogens with zero attached hydrogens (tertiary/aromatic N) is 1. The first-order valence-corrected chi connectivity index (χ1v) is 6.86. The highest BCUT2D eigenvalue weighted by Gasteiger charge is 2.20. The Balaban J connectivity index is 2.85. The van der Waals surface area contributed by atoms with Crippen LogP contribution in [0.5, 0.6) is 5.75 Å². The van der Waals surface area contributed by atoms with Gasteiger partial charge in [0.15, 0.2) is 5.78 Å². The number of carbonyl (C=O) groups excluding carboxylic acids is 1. The third-order valence-electron chi connectivity index (χ3n) is 3.26. The van der Waals surface area contributed by atoms with Gasteiger partial charge in [0, 0.05) is 31.1 Å². The minimum atomic E-state index is -0.770. The number of aromatic hydroxyl groups is 1. The summed E-state index contributed by atoms with van der Waals surface area (Å²) >= 11 is 0. The average molecular weight is 281 g/mol. The zero-order valence-corrected chi connectivity index (χ0v) is 12.8. The van der Waals surface area contributed by atoms with Crippen LogP contribution in [0.3, 0.4) is 0 Å². The maximum atomic E-state index is 12.1. The maximum absolute atomic E-state index is 12.1. The summed E-state index contributed by atoms with van der Waals surface area (Å²) in [4.78, 5) is 25.9. The van der Waals surface area contributed by atoms with Crippen LogP contribution >= 0.6 is 0 Å². The molecule has 0 aromatic carbocycles. The van der Waals surface area contributed by atoms with Crippen LogP contribution in [0, 0.1) is 6.92 Å². The quantitative estimate of drug-likeness (QED) is 0.810. The van der Waals surface area contributed by atoms with Gasteiger partial charge in [-0.25, -0.2) is 4.79 Å². The van der Waals surface area contributed by atoms with Crippen molar-refractivity contribution in [1.82, 2.24) is 4.90 Å². The van der Waals surface area contributed by atoms with Crippen LogP contribution in [0.25, 0.3) is 0 Å². The van der Waals surface area contributed by atoms with Crippen LogP contribution in [-0.4, -0.2) is 34.4 Å². The van der Waals surface area contributed by atoms with Crippen molar-refractivity contribution in [2.45, 2.75) is 53.1 Å². The van der Waals surface area contributed by atoms with Crippen LogP contribution in [0.15, 0.2) is 15.3 Å². The van der Waals surface area contributed by atoms with Gasteiger partial charge in [-0.3, -0.25) is 9.69 Å². The fourth-order valence-electron chi connectivity index (χ4n) is 2.32. The second kappa shape index (κ2) is 6.70. The number of rotatable bonds is 6. The molecule has 112 valence electrons. The van der Waals surface area contributed by atoms with Crippen molar-refractivity contribution in [3.63, 3.8) is 0 Å². The summed E-state index contributed by atoms with van der Waals surface area (Å²) < 4.78 is 4.86. The predicted molar refractivity (Wildman–Crippen MR) is 77.3 cm³/mol. The van der Waals surface area contributed by atoms with Gasteiger partial charge in [-0.05, 0) is 34.6 Å².